The lowest BCUT2D eigenvalue weighted by atomic mass is 10.1. The van der Waals surface area contributed by atoms with Crippen LogP contribution in [-0.2, 0) is 10.0 Å². The number of anilines is 1. The SMILES string of the molecule is Cc1ccc(N(C)S(=O)(=O)c2ccc(Br)cc2)c(C)c1. The van der Waals surface area contributed by atoms with Gasteiger partial charge in [-0.1, -0.05) is 33.6 Å². The first-order valence-electron chi connectivity index (χ1n) is 6.14. The summed E-state index contributed by atoms with van der Waals surface area (Å²) in [6.45, 7) is 3.90. The van der Waals surface area contributed by atoms with Crippen LogP contribution in [0.15, 0.2) is 51.8 Å². The van der Waals surface area contributed by atoms with Gasteiger partial charge in [0.25, 0.3) is 10.0 Å². The molecule has 20 heavy (non-hydrogen) atoms. The smallest absolute Gasteiger partial charge is 0.264 e. The molecule has 2 aromatic carbocycles. The Labute approximate surface area is 128 Å². The van der Waals surface area contributed by atoms with Crippen molar-refractivity contribution in [3.05, 3.63) is 58.1 Å². The van der Waals surface area contributed by atoms with Gasteiger partial charge in [-0.3, -0.25) is 4.31 Å². The molecular weight excluding hydrogens is 338 g/mol. The van der Waals surface area contributed by atoms with Crippen LogP contribution in [0.3, 0.4) is 0 Å². The molecule has 2 rings (SSSR count). The highest BCUT2D eigenvalue weighted by molar-refractivity contribution is 9.10. The molecule has 0 fully saturated rings. The summed E-state index contributed by atoms with van der Waals surface area (Å²) in [5, 5.41) is 0. The molecule has 0 aromatic heterocycles. The van der Waals surface area contributed by atoms with Gasteiger partial charge in [0.05, 0.1) is 10.6 Å². The van der Waals surface area contributed by atoms with Crippen LogP contribution in [0, 0.1) is 13.8 Å². The topological polar surface area (TPSA) is 37.4 Å². The molecule has 0 spiro atoms. The summed E-state index contributed by atoms with van der Waals surface area (Å²) < 4.78 is 27.4. The number of halogens is 1. The second-order valence-corrected chi connectivity index (χ2v) is 7.60. The van der Waals surface area contributed by atoms with E-state index in [1.54, 1.807) is 31.3 Å². The van der Waals surface area contributed by atoms with Crippen molar-refractivity contribution in [2.45, 2.75) is 18.7 Å². The molecule has 0 saturated heterocycles. The van der Waals surface area contributed by atoms with E-state index in [0.29, 0.717) is 5.69 Å². The van der Waals surface area contributed by atoms with Crippen molar-refractivity contribution in [2.24, 2.45) is 0 Å². The van der Waals surface area contributed by atoms with Crippen molar-refractivity contribution < 1.29 is 8.42 Å². The van der Waals surface area contributed by atoms with E-state index in [2.05, 4.69) is 15.9 Å². The molecule has 0 amide bonds. The molecule has 0 saturated carbocycles. The van der Waals surface area contributed by atoms with E-state index in [9.17, 15) is 8.42 Å². The summed E-state index contributed by atoms with van der Waals surface area (Å²) >= 11 is 3.31. The Kier molecular flexibility index (Phi) is 4.20. The van der Waals surface area contributed by atoms with Crippen LogP contribution in [0.25, 0.3) is 0 Å². The predicted molar refractivity (Wildman–Crippen MR) is 85.6 cm³/mol. The maximum Gasteiger partial charge on any atom is 0.264 e. The second-order valence-electron chi connectivity index (χ2n) is 4.72. The van der Waals surface area contributed by atoms with Crippen molar-refractivity contribution in [3.63, 3.8) is 0 Å². The molecule has 0 unspecified atom stereocenters. The fourth-order valence-electron chi connectivity index (χ4n) is 2.05. The fourth-order valence-corrected chi connectivity index (χ4v) is 3.58. The van der Waals surface area contributed by atoms with Gasteiger partial charge in [-0.25, -0.2) is 8.42 Å². The van der Waals surface area contributed by atoms with E-state index in [1.165, 1.54) is 4.31 Å². The lowest BCUT2D eigenvalue weighted by Crippen LogP contribution is -2.27. The van der Waals surface area contributed by atoms with Crippen molar-refractivity contribution in [2.75, 3.05) is 11.4 Å². The molecule has 0 radical (unpaired) electrons. The van der Waals surface area contributed by atoms with Gasteiger partial charge in [-0.2, -0.15) is 0 Å². The Bertz CT molecular complexity index is 724. The zero-order chi connectivity index (χ0) is 14.9. The highest BCUT2D eigenvalue weighted by atomic mass is 79.9. The van der Waals surface area contributed by atoms with Crippen LogP contribution in [0.1, 0.15) is 11.1 Å². The Morgan fingerprint density at radius 2 is 1.60 bits per heavy atom. The summed E-state index contributed by atoms with van der Waals surface area (Å²) in [7, 11) is -1.95. The number of nitrogens with zero attached hydrogens (tertiary/aromatic N) is 1. The number of hydrogen-bond donors (Lipinski definition) is 0. The van der Waals surface area contributed by atoms with Crippen molar-refractivity contribution in [1.29, 1.82) is 0 Å². The molecule has 0 N–H and O–H groups in total. The second kappa shape index (κ2) is 5.58. The zero-order valence-corrected chi connectivity index (χ0v) is 14.0. The maximum atomic E-state index is 12.6. The first-order valence-corrected chi connectivity index (χ1v) is 8.37. The average molecular weight is 354 g/mol. The molecule has 5 heteroatoms. The first kappa shape index (κ1) is 15.1. The van der Waals surface area contributed by atoms with Gasteiger partial charge in [0.2, 0.25) is 0 Å². The van der Waals surface area contributed by atoms with Crippen LogP contribution >= 0.6 is 15.9 Å². The summed E-state index contributed by atoms with van der Waals surface area (Å²) in [4.78, 5) is 0.281. The Hall–Kier alpha value is -1.33. The average Bonchev–Trinajstić information content (AvgIpc) is 2.38. The van der Waals surface area contributed by atoms with Crippen LogP contribution in [0.5, 0.6) is 0 Å². The van der Waals surface area contributed by atoms with E-state index in [-0.39, 0.29) is 4.90 Å². The minimum atomic E-state index is -3.53. The molecule has 3 nitrogen and oxygen atoms in total. The quantitative estimate of drug-likeness (QED) is 0.839. The Balaban J connectivity index is 2.45. The minimum absolute atomic E-state index is 0.281. The van der Waals surface area contributed by atoms with Crippen LogP contribution in [0.2, 0.25) is 0 Å². The normalized spacial score (nSPS) is 11.4. The molecule has 0 aliphatic heterocycles. The lowest BCUT2D eigenvalue weighted by molar-refractivity contribution is 0.594. The standard InChI is InChI=1S/C15H16BrNO2S/c1-11-4-9-15(12(2)10-11)17(3)20(18,19)14-7-5-13(16)6-8-14/h4-10H,1-3H3. The highest BCUT2D eigenvalue weighted by Gasteiger charge is 2.22. The number of sulfonamides is 1. The molecule has 106 valence electrons. The van der Waals surface area contributed by atoms with Crippen molar-refractivity contribution in [3.8, 4) is 0 Å². The van der Waals surface area contributed by atoms with Gasteiger partial charge in [-0.05, 0) is 49.7 Å². The third-order valence-electron chi connectivity index (χ3n) is 3.16. The first-order chi connectivity index (χ1) is 9.32. The minimum Gasteiger partial charge on any atom is -0.269 e. The summed E-state index contributed by atoms with van der Waals surface area (Å²) in [5.41, 5.74) is 2.74. The van der Waals surface area contributed by atoms with Crippen molar-refractivity contribution in [1.82, 2.24) is 0 Å². The third-order valence-corrected chi connectivity index (χ3v) is 5.48. The molecule has 0 aliphatic carbocycles. The monoisotopic (exact) mass is 353 g/mol. The largest absolute Gasteiger partial charge is 0.269 e. The molecule has 0 aliphatic rings. The summed E-state index contributed by atoms with van der Waals surface area (Å²) in [6, 6.07) is 12.4. The number of benzene rings is 2. The Morgan fingerprint density at radius 1 is 1.00 bits per heavy atom. The van der Waals surface area contributed by atoms with E-state index in [1.807, 2.05) is 32.0 Å². The van der Waals surface area contributed by atoms with Gasteiger partial charge in [0, 0.05) is 11.5 Å². The van der Waals surface area contributed by atoms with Gasteiger partial charge < -0.3 is 0 Å². The number of rotatable bonds is 3. The van der Waals surface area contributed by atoms with Crippen LogP contribution < -0.4 is 4.31 Å². The van der Waals surface area contributed by atoms with E-state index in [0.717, 1.165) is 15.6 Å². The van der Waals surface area contributed by atoms with Gasteiger partial charge in [0.15, 0.2) is 0 Å². The van der Waals surface area contributed by atoms with E-state index < -0.39 is 10.0 Å². The number of hydrogen-bond acceptors (Lipinski definition) is 2. The van der Waals surface area contributed by atoms with Crippen molar-refractivity contribution >= 4 is 31.6 Å². The molecule has 0 bridgehead atoms. The molecule has 0 heterocycles. The predicted octanol–water partition coefficient (Wildman–Crippen LogP) is 3.89. The summed E-state index contributed by atoms with van der Waals surface area (Å²) in [5.74, 6) is 0. The number of aryl methyl sites for hydroxylation is 2. The van der Waals surface area contributed by atoms with E-state index in [4.69, 9.17) is 0 Å². The van der Waals surface area contributed by atoms with Gasteiger partial charge >= 0.3 is 0 Å². The Morgan fingerprint density at radius 3 is 2.15 bits per heavy atom. The molecule has 2 aromatic rings. The summed E-state index contributed by atoms with van der Waals surface area (Å²) in [6.07, 6.45) is 0. The maximum absolute atomic E-state index is 12.6. The third kappa shape index (κ3) is 2.88. The molecule has 0 atom stereocenters. The van der Waals surface area contributed by atoms with Crippen LogP contribution in [-0.4, -0.2) is 15.5 Å². The van der Waals surface area contributed by atoms with Crippen LogP contribution in [0.4, 0.5) is 5.69 Å². The van der Waals surface area contributed by atoms with E-state index >= 15 is 0 Å². The lowest BCUT2D eigenvalue weighted by Gasteiger charge is -2.21. The van der Waals surface area contributed by atoms with Gasteiger partial charge in [0.1, 0.15) is 0 Å². The fraction of sp³-hybridized carbons (Fsp3) is 0.200. The highest BCUT2D eigenvalue weighted by Crippen LogP contribution is 2.26. The zero-order valence-electron chi connectivity index (χ0n) is 11.6. The van der Waals surface area contributed by atoms with Gasteiger partial charge in [-0.15, -0.1) is 0 Å². The molecular formula is C15H16BrNO2S.